The number of rotatable bonds is 10. The Bertz CT molecular complexity index is 1260. The molecule has 42 heavy (non-hydrogen) atoms. The van der Waals surface area contributed by atoms with Gasteiger partial charge in [0.05, 0.1) is 18.0 Å². The van der Waals surface area contributed by atoms with E-state index in [-0.39, 0.29) is 17.7 Å². The lowest BCUT2D eigenvalue weighted by atomic mass is 9.99. The van der Waals surface area contributed by atoms with Crippen LogP contribution in [0.1, 0.15) is 71.9 Å². The zero-order valence-corrected chi connectivity index (χ0v) is 26.1. The van der Waals surface area contributed by atoms with Gasteiger partial charge in [0.15, 0.2) is 0 Å². The zero-order chi connectivity index (χ0) is 31.3. The maximum Gasteiger partial charge on any atom is 0.407 e. The first-order valence-corrected chi connectivity index (χ1v) is 14.5. The maximum absolute atomic E-state index is 11.8. The highest BCUT2D eigenvalue weighted by Gasteiger charge is 2.30. The molecule has 2 amide bonds. The third-order valence-corrected chi connectivity index (χ3v) is 6.19. The minimum atomic E-state index is -0.520. The van der Waals surface area contributed by atoms with E-state index in [0.29, 0.717) is 36.8 Å². The number of amides is 2. The number of unbranched alkanes of at least 4 members (excludes halogenated alkanes) is 1. The summed E-state index contributed by atoms with van der Waals surface area (Å²) in [7, 11) is 0. The summed E-state index contributed by atoms with van der Waals surface area (Å²) in [6, 6.07) is 12.7. The topological polar surface area (TPSA) is 140 Å². The Hall–Kier alpha value is -3.92. The molecule has 0 bridgehead atoms. The average Bonchev–Trinajstić information content (AvgIpc) is 3.04. The number of anilines is 1. The summed E-state index contributed by atoms with van der Waals surface area (Å²) in [5.41, 5.74) is 2.61. The molecule has 11 heteroatoms. The van der Waals surface area contributed by atoms with Gasteiger partial charge in [-0.3, -0.25) is 25.5 Å². The number of amidine groups is 2. The van der Waals surface area contributed by atoms with Gasteiger partial charge < -0.3 is 20.1 Å². The van der Waals surface area contributed by atoms with Crippen LogP contribution in [0.3, 0.4) is 0 Å². The van der Waals surface area contributed by atoms with Gasteiger partial charge in [-0.1, -0.05) is 30.7 Å². The second-order valence-corrected chi connectivity index (χ2v) is 11.0. The molecule has 10 nitrogen and oxygen atoms in total. The second kappa shape index (κ2) is 16.5. The fourth-order valence-corrected chi connectivity index (χ4v) is 4.17. The monoisotopic (exact) mass is 598 g/mol. The number of benzene rings is 2. The highest BCUT2D eigenvalue weighted by Crippen LogP contribution is 2.33. The molecule has 2 aromatic rings. The molecule has 0 radical (unpaired) electrons. The van der Waals surface area contributed by atoms with Crippen molar-refractivity contribution in [2.45, 2.75) is 72.4 Å². The molecule has 0 saturated heterocycles. The Morgan fingerprint density at radius 2 is 1.83 bits per heavy atom. The van der Waals surface area contributed by atoms with Crippen LogP contribution < -0.4 is 20.3 Å². The number of hydrogen-bond donors (Lipinski definition) is 4. The van der Waals surface area contributed by atoms with Crippen LogP contribution in [0.4, 0.5) is 10.5 Å². The van der Waals surface area contributed by atoms with E-state index in [2.05, 4.69) is 10.6 Å². The Morgan fingerprint density at radius 3 is 2.38 bits per heavy atom. The fraction of sp³-hybridized carbons (Fsp3) is 0.452. The molecule has 1 aliphatic heterocycles. The molecule has 1 atom stereocenters. The van der Waals surface area contributed by atoms with Crippen molar-refractivity contribution in [1.29, 1.82) is 10.8 Å². The molecule has 0 aromatic heterocycles. The van der Waals surface area contributed by atoms with Crippen LogP contribution in [0.5, 0.6) is 5.75 Å². The van der Waals surface area contributed by atoms with Gasteiger partial charge in [0.2, 0.25) is 6.41 Å². The Balaban J connectivity index is 0.00000113. The number of alkyl carbamates (subject to hydrolysis) is 1. The molecule has 1 heterocycles. The lowest BCUT2D eigenvalue weighted by Gasteiger charge is -2.26. The standard InChI is InChI=1S/C28H36ClN5O3.C3H7NO/c1-6-23-26(31)34(18(2)30)24-14-13-21(36-16-8-7-15-32-27(35)37-28(3,4)5)17-22(24)25(33-23)19-9-11-20(29)12-10-19;1-2-4-3-5/h9-14,17,23,30-31H,6-8,15-16H2,1-5H3,(H,32,35);3H,2H2,1H3,(H,4,5)/t23-;/m0./s1. The van der Waals surface area contributed by atoms with Crippen LogP contribution in [0.2, 0.25) is 5.02 Å². The van der Waals surface area contributed by atoms with Gasteiger partial charge in [0, 0.05) is 29.2 Å². The summed E-state index contributed by atoms with van der Waals surface area (Å²) in [5.74, 6) is 1.19. The normalized spacial score (nSPS) is 14.4. The van der Waals surface area contributed by atoms with E-state index in [1.54, 1.807) is 11.8 Å². The van der Waals surface area contributed by atoms with E-state index in [0.717, 1.165) is 41.9 Å². The van der Waals surface area contributed by atoms with E-state index in [1.165, 1.54) is 0 Å². The Morgan fingerprint density at radius 1 is 1.14 bits per heavy atom. The summed E-state index contributed by atoms with van der Waals surface area (Å²) in [4.78, 5) is 27.7. The van der Waals surface area contributed by atoms with Crippen molar-refractivity contribution in [2.24, 2.45) is 4.99 Å². The second-order valence-electron chi connectivity index (χ2n) is 10.6. The van der Waals surface area contributed by atoms with Gasteiger partial charge in [-0.25, -0.2) is 4.79 Å². The number of benzodiazepines with no additional fused rings is 1. The number of aliphatic imine (C=N–C) groups is 1. The SMILES string of the molecule is CCNC=O.CC[C@@H]1N=C(c2ccc(Cl)cc2)c2cc(OCCCCNC(=O)OC(C)(C)C)ccc2N(C(C)=N)C1=N. The Kier molecular flexibility index (Phi) is 13.5. The van der Waals surface area contributed by atoms with Crippen molar-refractivity contribution in [2.75, 3.05) is 24.6 Å². The number of carbonyl (C=O) groups is 2. The van der Waals surface area contributed by atoms with Gasteiger partial charge in [-0.15, -0.1) is 0 Å². The van der Waals surface area contributed by atoms with E-state index in [9.17, 15) is 9.59 Å². The van der Waals surface area contributed by atoms with Gasteiger partial charge in [-0.2, -0.15) is 0 Å². The third-order valence-electron chi connectivity index (χ3n) is 5.94. The first-order valence-electron chi connectivity index (χ1n) is 14.1. The van der Waals surface area contributed by atoms with E-state index in [4.69, 9.17) is 36.9 Å². The highest BCUT2D eigenvalue weighted by atomic mass is 35.5. The van der Waals surface area contributed by atoms with Crippen molar-refractivity contribution in [3.8, 4) is 5.75 Å². The maximum atomic E-state index is 11.8. The molecular weight excluding hydrogens is 556 g/mol. The van der Waals surface area contributed by atoms with Crippen molar-refractivity contribution in [1.82, 2.24) is 10.6 Å². The van der Waals surface area contributed by atoms with Crippen LogP contribution in [-0.4, -0.2) is 61.2 Å². The number of ether oxygens (including phenoxy) is 2. The molecule has 228 valence electrons. The van der Waals surface area contributed by atoms with E-state index in [1.807, 2.05) is 77.1 Å². The molecule has 3 rings (SSSR count). The van der Waals surface area contributed by atoms with Crippen LogP contribution in [0.15, 0.2) is 47.5 Å². The number of halogens is 1. The lowest BCUT2D eigenvalue weighted by molar-refractivity contribution is -0.109. The first kappa shape index (κ1) is 34.3. The quantitative estimate of drug-likeness (QED) is 0.112. The summed E-state index contributed by atoms with van der Waals surface area (Å²) >= 11 is 6.13. The van der Waals surface area contributed by atoms with Crippen molar-refractivity contribution >= 4 is 47.2 Å². The molecule has 0 fully saturated rings. The number of nitrogens with zero attached hydrogens (tertiary/aromatic N) is 2. The average molecular weight is 599 g/mol. The van der Waals surface area contributed by atoms with Gasteiger partial charge in [-0.05, 0) is 84.2 Å². The van der Waals surface area contributed by atoms with Crippen molar-refractivity contribution in [3.05, 3.63) is 58.6 Å². The third kappa shape index (κ3) is 10.5. The number of carbonyl (C=O) groups excluding carboxylic acids is 2. The smallest absolute Gasteiger partial charge is 0.407 e. The van der Waals surface area contributed by atoms with Gasteiger partial charge in [0.25, 0.3) is 0 Å². The molecule has 4 N–H and O–H groups in total. The molecule has 0 aliphatic carbocycles. The van der Waals surface area contributed by atoms with Crippen LogP contribution in [-0.2, 0) is 9.53 Å². The van der Waals surface area contributed by atoms with Crippen LogP contribution >= 0.6 is 11.6 Å². The van der Waals surface area contributed by atoms with Crippen LogP contribution in [0, 0.1) is 10.8 Å². The molecule has 0 saturated carbocycles. The van der Waals surface area contributed by atoms with Gasteiger partial charge >= 0.3 is 6.09 Å². The summed E-state index contributed by atoms with van der Waals surface area (Å²) in [6.07, 6.45) is 2.39. The zero-order valence-electron chi connectivity index (χ0n) is 25.3. The minimum absolute atomic E-state index is 0.253. The van der Waals surface area contributed by atoms with Crippen molar-refractivity contribution < 1.29 is 19.1 Å². The number of nitrogens with one attached hydrogen (secondary N) is 4. The predicted molar refractivity (Wildman–Crippen MR) is 170 cm³/mol. The predicted octanol–water partition coefficient (Wildman–Crippen LogP) is 6.19. The number of fused-ring (bicyclic) bond motifs is 1. The van der Waals surface area contributed by atoms with Gasteiger partial charge in [0.1, 0.15) is 29.1 Å². The highest BCUT2D eigenvalue weighted by molar-refractivity contribution is 6.31. The lowest BCUT2D eigenvalue weighted by Crippen LogP contribution is -2.40. The van der Waals surface area contributed by atoms with E-state index >= 15 is 0 Å². The largest absolute Gasteiger partial charge is 0.494 e. The minimum Gasteiger partial charge on any atom is -0.494 e. The van der Waals surface area contributed by atoms with Crippen molar-refractivity contribution in [3.63, 3.8) is 0 Å². The molecular formula is C31H43ClN6O4. The fourth-order valence-electron chi connectivity index (χ4n) is 4.04. The molecule has 0 unspecified atom stereocenters. The molecule has 2 aromatic carbocycles. The first-order chi connectivity index (χ1) is 19.9. The summed E-state index contributed by atoms with van der Waals surface area (Å²) in [5, 5.41) is 23.0. The van der Waals surface area contributed by atoms with E-state index < -0.39 is 11.7 Å². The Labute approximate surface area is 253 Å². The van der Waals surface area contributed by atoms with Crippen LogP contribution in [0.25, 0.3) is 0 Å². The summed E-state index contributed by atoms with van der Waals surface area (Å²) < 4.78 is 11.3. The number of hydrogen-bond acceptors (Lipinski definition) is 7. The molecule has 1 aliphatic rings. The summed E-state index contributed by atoms with van der Waals surface area (Å²) in [6.45, 7) is 12.7. The molecule has 0 spiro atoms.